The second-order valence-electron chi connectivity index (χ2n) is 12.1. The normalized spacial score (nSPS) is 11.4. The lowest BCUT2D eigenvalue weighted by Crippen LogP contribution is -2.09. The van der Waals surface area contributed by atoms with Crippen molar-refractivity contribution in [3.8, 4) is 22.3 Å². The summed E-state index contributed by atoms with van der Waals surface area (Å²) in [7, 11) is 0. The Bertz CT molecular complexity index is 2450. The van der Waals surface area contributed by atoms with E-state index in [1.54, 1.807) is 0 Å². The highest BCUT2D eigenvalue weighted by Gasteiger charge is 2.18. The van der Waals surface area contributed by atoms with Crippen LogP contribution in [0.15, 0.2) is 188 Å². The molecule has 0 saturated carbocycles. The molecule has 9 aromatic rings. The number of benzene rings is 9. The molecule has 0 unspecified atom stereocenters. The van der Waals surface area contributed by atoms with Gasteiger partial charge in [-0.1, -0.05) is 146 Å². The molecule has 0 radical (unpaired) electrons. The van der Waals surface area contributed by atoms with Crippen LogP contribution in [0.1, 0.15) is 0 Å². The van der Waals surface area contributed by atoms with E-state index in [9.17, 15) is 0 Å². The Morgan fingerprint density at radius 2 is 0.638 bits per heavy atom. The fourth-order valence-electron chi connectivity index (χ4n) is 7.29. The van der Waals surface area contributed by atoms with Gasteiger partial charge >= 0.3 is 0 Å². The summed E-state index contributed by atoms with van der Waals surface area (Å²) in [5.41, 5.74) is 8.39. The number of fused-ring (bicyclic) bond motifs is 5. The zero-order valence-electron chi connectivity index (χ0n) is 25.8. The van der Waals surface area contributed by atoms with E-state index in [0.717, 1.165) is 17.1 Å². The molecule has 1 heteroatoms. The molecule has 47 heavy (non-hydrogen) atoms. The Morgan fingerprint density at radius 1 is 0.255 bits per heavy atom. The fourth-order valence-corrected chi connectivity index (χ4v) is 7.29. The molecule has 0 atom stereocenters. The van der Waals surface area contributed by atoms with Gasteiger partial charge in [0.15, 0.2) is 0 Å². The molecule has 0 N–H and O–H groups in total. The van der Waals surface area contributed by atoms with Crippen molar-refractivity contribution in [1.82, 2.24) is 0 Å². The van der Waals surface area contributed by atoms with E-state index in [0.29, 0.717) is 0 Å². The highest BCUT2D eigenvalue weighted by atomic mass is 15.1. The van der Waals surface area contributed by atoms with Crippen LogP contribution >= 0.6 is 0 Å². The van der Waals surface area contributed by atoms with Gasteiger partial charge in [0.25, 0.3) is 0 Å². The molecular formula is C46H31N. The lowest BCUT2D eigenvalue weighted by Gasteiger charge is -2.25. The van der Waals surface area contributed by atoms with Gasteiger partial charge < -0.3 is 4.90 Å². The molecule has 0 aliphatic rings. The molecule has 0 amide bonds. The van der Waals surface area contributed by atoms with Crippen molar-refractivity contribution in [2.24, 2.45) is 0 Å². The minimum absolute atomic E-state index is 1.12. The molecule has 0 aliphatic carbocycles. The van der Waals surface area contributed by atoms with Crippen molar-refractivity contribution in [3.05, 3.63) is 188 Å². The number of rotatable bonds is 5. The van der Waals surface area contributed by atoms with Crippen LogP contribution in [0.4, 0.5) is 17.1 Å². The van der Waals surface area contributed by atoms with Crippen LogP contribution in [0.3, 0.4) is 0 Å². The third-order valence-electron chi connectivity index (χ3n) is 9.41. The maximum atomic E-state index is 2.39. The Morgan fingerprint density at radius 3 is 1.19 bits per heavy atom. The van der Waals surface area contributed by atoms with Crippen LogP contribution in [-0.2, 0) is 0 Å². The van der Waals surface area contributed by atoms with Crippen molar-refractivity contribution in [2.45, 2.75) is 0 Å². The molecule has 0 spiro atoms. The van der Waals surface area contributed by atoms with Crippen LogP contribution < -0.4 is 4.90 Å². The van der Waals surface area contributed by atoms with E-state index >= 15 is 0 Å². The number of hydrogen-bond donors (Lipinski definition) is 0. The summed E-state index contributed by atoms with van der Waals surface area (Å²) in [6.07, 6.45) is 0. The van der Waals surface area contributed by atoms with Crippen molar-refractivity contribution >= 4 is 60.2 Å². The van der Waals surface area contributed by atoms with Crippen LogP contribution in [0, 0.1) is 0 Å². The van der Waals surface area contributed by atoms with Gasteiger partial charge in [-0.05, 0) is 108 Å². The average Bonchev–Trinajstić information content (AvgIpc) is 3.15. The van der Waals surface area contributed by atoms with Crippen molar-refractivity contribution in [1.29, 1.82) is 0 Å². The minimum Gasteiger partial charge on any atom is -0.311 e. The predicted octanol–water partition coefficient (Wildman–Crippen LogP) is 13.1. The highest BCUT2D eigenvalue weighted by Crippen LogP contribution is 2.45. The van der Waals surface area contributed by atoms with Gasteiger partial charge in [0.1, 0.15) is 0 Å². The summed E-state index contributed by atoms with van der Waals surface area (Å²) in [6, 6.07) is 68.1. The van der Waals surface area contributed by atoms with Crippen molar-refractivity contribution in [2.75, 3.05) is 4.90 Å². The standard InChI is InChI=1S/C46H31N/c1-3-14-36(15-4-1)47(37-16-5-2-6-17-37)38-29-27-34(28-30-38)45-40-19-9-11-21-42(40)46(43-22-12-10-20-41(43)45)35-26-25-33-24-23-32-13-7-8-18-39(32)44(33)31-35/h1-31H. The Hall–Kier alpha value is -6.18. The van der Waals surface area contributed by atoms with Gasteiger partial charge in [-0.25, -0.2) is 0 Å². The van der Waals surface area contributed by atoms with E-state index in [4.69, 9.17) is 0 Å². The molecule has 0 saturated heterocycles. The number of hydrogen-bond acceptors (Lipinski definition) is 1. The smallest absolute Gasteiger partial charge is 0.0462 e. The monoisotopic (exact) mass is 597 g/mol. The predicted molar refractivity (Wildman–Crippen MR) is 202 cm³/mol. The van der Waals surface area contributed by atoms with Gasteiger partial charge in [0.2, 0.25) is 0 Å². The lowest BCUT2D eigenvalue weighted by atomic mass is 9.85. The lowest BCUT2D eigenvalue weighted by molar-refractivity contribution is 1.28. The van der Waals surface area contributed by atoms with Crippen molar-refractivity contribution in [3.63, 3.8) is 0 Å². The zero-order valence-corrected chi connectivity index (χ0v) is 25.8. The highest BCUT2D eigenvalue weighted by molar-refractivity contribution is 6.22. The van der Waals surface area contributed by atoms with Gasteiger partial charge in [0.05, 0.1) is 0 Å². The quantitative estimate of drug-likeness (QED) is 0.141. The van der Waals surface area contributed by atoms with Crippen LogP contribution in [0.2, 0.25) is 0 Å². The molecule has 0 heterocycles. The maximum absolute atomic E-state index is 2.39. The van der Waals surface area contributed by atoms with Crippen LogP contribution in [0.25, 0.3) is 65.3 Å². The molecular weight excluding hydrogens is 567 g/mol. The Labute approximate surface area is 274 Å². The van der Waals surface area contributed by atoms with Gasteiger partial charge in [-0.15, -0.1) is 0 Å². The third-order valence-corrected chi connectivity index (χ3v) is 9.41. The van der Waals surface area contributed by atoms with Crippen molar-refractivity contribution < 1.29 is 0 Å². The molecule has 1 nitrogen and oxygen atoms in total. The summed E-state index contributed by atoms with van der Waals surface area (Å²) >= 11 is 0. The summed E-state index contributed by atoms with van der Waals surface area (Å²) in [4.78, 5) is 2.31. The van der Waals surface area contributed by atoms with E-state index < -0.39 is 0 Å². The first kappa shape index (κ1) is 27.2. The second-order valence-corrected chi connectivity index (χ2v) is 12.1. The molecule has 0 fully saturated rings. The largest absolute Gasteiger partial charge is 0.311 e. The first-order chi connectivity index (χ1) is 23.3. The maximum Gasteiger partial charge on any atom is 0.0462 e. The van der Waals surface area contributed by atoms with Crippen LogP contribution in [-0.4, -0.2) is 0 Å². The summed E-state index contributed by atoms with van der Waals surface area (Å²) in [5.74, 6) is 0. The number of para-hydroxylation sites is 2. The van der Waals surface area contributed by atoms with Gasteiger partial charge in [0, 0.05) is 17.1 Å². The van der Waals surface area contributed by atoms with Gasteiger partial charge in [-0.3, -0.25) is 0 Å². The fraction of sp³-hybridized carbons (Fsp3) is 0. The Kier molecular flexibility index (Phi) is 6.54. The first-order valence-electron chi connectivity index (χ1n) is 16.2. The van der Waals surface area contributed by atoms with Gasteiger partial charge in [-0.2, -0.15) is 0 Å². The van der Waals surface area contributed by atoms with E-state index in [1.165, 1.54) is 65.3 Å². The molecule has 0 bridgehead atoms. The summed E-state index contributed by atoms with van der Waals surface area (Å²) in [5, 5.41) is 10.2. The molecule has 9 rings (SSSR count). The topological polar surface area (TPSA) is 3.24 Å². The number of nitrogens with zero attached hydrogens (tertiary/aromatic N) is 1. The Balaban J connectivity index is 1.24. The summed E-state index contributed by atoms with van der Waals surface area (Å²) < 4.78 is 0. The first-order valence-corrected chi connectivity index (χ1v) is 16.2. The van der Waals surface area contributed by atoms with E-state index in [1.807, 2.05) is 0 Å². The molecule has 0 aromatic heterocycles. The van der Waals surface area contributed by atoms with Crippen LogP contribution in [0.5, 0.6) is 0 Å². The third kappa shape index (κ3) is 4.64. The van der Waals surface area contributed by atoms with E-state index in [2.05, 4.69) is 193 Å². The molecule has 9 aromatic carbocycles. The molecule has 0 aliphatic heterocycles. The average molecular weight is 598 g/mol. The SMILES string of the molecule is c1ccc(N(c2ccccc2)c2ccc(-c3c4ccccc4c(-c4ccc5ccc6ccccc6c5c4)c4ccccc34)cc2)cc1. The molecule has 220 valence electrons. The second kappa shape index (κ2) is 11.3. The number of anilines is 3. The zero-order chi connectivity index (χ0) is 31.2. The summed E-state index contributed by atoms with van der Waals surface area (Å²) in [6.45, 7) is 0. The van der Waals surface area contributed by atoms with E-state index in [-0.39, 0.29) is 0 Å². The minimum atomic E-state index is 1.12.